The Morgan fingerprint density at radius 1 is 1.36 bits per heavy atom. The number of nitrogens with zero attached hydrogens (tertiary/aromatic N) is 1. The lowest BCUT2D eigenvalue weighted by molar-refractivity contribution is 0.281. The molecule has 0 amide bonds. The first-order valence-corrected chi connectivity index (χ1v) is 5.18. The number of benzene rings is 1. The Bertz CT molecular complexity index is 346. The first-order valence-electron chi connectivity index (χ1n) is 4.19. The summed E-state index contributed by atoms with van der Waals surface area (Å²) in [6.45, 7) is 0.0386. The van der Waals surface area contributed by atoms with E-state index >= 15 is 0 Å². The smallest absolute Gasteiger partial charge is 0.100 e. The maximum atomic E-state index is 8.87. The lowest BCUT2D eigenvalue weighted by Crippen LogP contribution is -1.90. The normalized spacial score (nSPS) is 9.79. The van der Waals surface area contributed by atoms with E-state index in [4.69, 9.17) is 15.5 Å². The van der Waals surface area contributed by atoms with E-state index in [9.17, 15) is 0 Å². The third-order valence-electron chi connectivity index (χ3n) is 1.70. The van der Waals surface area contributed by atoms with E-state index in [0.29, 0.717) is 11.3 Å². The van der Waals surface area contributed by atoms with E-state index in [1.807, 2.05) is 0 Å². The second kappa shape index (κ2) is 5.66. The Kier molecular flexibility index (Phi) is 4.47. The molecule has 0 saturated carbocycles. The van der Waals surface area contributed by atoms with Gasteiger partial charge in [-0.15, -0.1) is 11.8 Å². The van der Waals surface area contributed by atoms with Crippen molar-refractivity contribution >= 4 is 11.8 Å². The zero-order chi connectivity index (χ0) is 10.4. The molecule has 0 spiro atoms. The van der Waals surface area contributed by atoms with Crippen LogP contribution in [0.15, 0.2) is 23.1 Å². The molecule has 4 heteroatoms. The quantitative estimate of drug-likeness (QED) is 0.730. The largest absolute Gasteiger partial charge is 0.396 e. The van der Waals surface area contributed by atoms with Crippen LogP contribution in [0.2, 0.25) is 0 Å². The monoisotopic (exact) mass is 209 g/mol. The molecule has 1 aromatic carbocycles. The number of hydrogen-bond acceptors (Lipinski definition) is 4. The zero-order valence-corrected chi connectivity index (χ0v) is 8.42. The van der Waals surface area contributed by atoms with Crippen molar-refractivity contribution in [1.82, 2.24) is 0 Å². The van der Waals surface area contributed by atoms with Gasteiger partial charge in [-0.3, -0.25) is 0 Å². The summed E-state index contributed by atoms with van der Waals surface area (Å²) in [6, 6.07) is 7.31. The molecule has 0 radical (unpaired) electrons. The predicted molar refractivity (Wildman–Crippen MR) is 54.9 cm³/mol. The van der Waals surface area contributed by atoms with Crippen LogP contribution < -0.4 is 0 Å². The fraction of sp³-hybridized carbons (Fsp3) is 0.300. The molecule has 0 heterocycles. The third kappa shape index (κ3) is 2.74. The molecule has 74 valence electrons. The maximum Gasteiger partial charge on any atom is 0.100 e. The highest BCUT2D eigenvalue weighted by molar-refractivity contribution is 7.99. The number of thioether (sulfide) groups is 1. The summed E-state index contributed by atoms with van der Waals surface area (Å²) >= 11 is 1.44. The number of aliphatic hydroxyl groups is 2. The molecule has 2 N–H and O–H groups in total. The van der Waals surface area contributed by atoms with Crippen LogP contribution in [0, 0.1) is 11.3 Å². The molecule has 0 atom stereocenters. The highest BCUT2D eigenvalue weighted by Gasteiger charge is 2.03. The van der Waals surface area contributed by atoms with Crippen LogP contribution in [0.1, 0.15) is 11.1 Å². The summed E-state index contributed by atoms with van der Waals surface area (Å²) in [7, 11) is 0. The van der Waals surface area contributed by atoms with Gasteiger partial charge in [-0.05, 0) is 17.7 Å². The summed E-state index contributed by atoms with van der Waals surface area (Å²) in [5.41, 5.74) is 1.28. The van der Waals surface area contributed by atoms with Crippen molar-refractivity contribution in [1.29, 1.82) is 5.26 Å². The molecule has 0 saturated heterocycles. The van der Waals surface area contributed by atoms with E-state index in [0.717, 1.165) is 10.5 Å². The van der Waals surface area contributed by atoms with Gasteiger partial charge < -0.3 is 10.2 Å². The van der Waals surface area contributed by atoms with Crippen LogP contribution >= 0.6 is 11.8 Å². The number of hydrogen-bond donors (Lipinski definition) is 2. The van der Waals surface area contributed by atoms with Crippen molar-refractivity contribution in [2.45, 2.75) is 11.5 Å². The summed E-state index contributed by atoms with van der Waals surface area (Å²) in [5, 5.41) is 26.3. The van der Waals surface area contributed by atoms with Crippen LogP contribution in [0.25, 0.3) is 0 Å². The van der Waals surface area contributed by atoms with Gasteiger partial charge >= 0.3 is 0 Å². The lowest BCUT2D eigenvalue weighted by Gasteiger charge is -2.03. The molecule has 1 rings (SSSR count). The van der Waals surface area contributed by atoms with Gasteiger partial charge in [0.15, 0.2) is 0 Å². The van der Waals surface area contributed by atoms with Crippen molar-refractivity contribution in [3.05, 3.63) is 29.3 Å². The van der Waals surface area contributed by atoms with Crippen molar-refractivity contribution < 1.29 is 10.2 Å². The Morgan fingerprint density at radius 3 is 2.71 bits per heavy atom. The number of rotatable bonds is 4. The topological polar surface area (TPSA) is 64.2 Å². The summed E-state index contributed by atoms with van der Waals surface area (Å²) in [6.07, 6.45) is 0. The Hall–Kier alpha value is -1.02. The molecule has 0 unspecified atom stereocenters. The maximum absolute atomic E-state index is 8.87. The van der Waals surface area contributed by atoms with Gasteiger partial charge in [-0.25, -0.2) is 0 Å². The lowest BCUT2D eigenvalue weighted by atomic mass is 10.1. The SMILES string of the molecule is N#Cc1cc(CO)ccc1SCCO. The van der Waals surface area contributed by atoms with E-state index < -0.39 is 0 Å². The van der Waals surface area contributed by atoms with Crippen molar-refractivity contribution in [2.75, 3.05) is 12.4 Å². The van der Waals surface area contributed by atoms with Gasteiger partial charge in [-0.1, -0.05) is 6.07 Å². The summed E-state index contributed by atoms with van der Waals surface area (Å²) < 4.78 is 0. The van der Waals surface area contributed by atoms with Crippen molar-refractivity contribution in [2.24, 2.45) is 0 Å². The van der Waals surface area contributed by atoms with Crippen LogP contribution in [0.3, 0.4) is 0 Å². The minimum Gasteiger partial charge on any atom is -0.396 e. The van der Waals surface area contributed by atoms with Gasteiger partial charge in [-0.2, -0.15) is 5.26 Å². The molecular formula is C10H11NO2S. The summed E-state index contributed by atoms with van der Waals surface area (Å²) in [4.78, 5) is 0.846. The summed E-state index contributed by atoms with van der Waals surface area (Å²) in [5.74, 6) is 0.577. The number of nitriles is 1. The Balaban J connectivity index is 2.89. The highest BCUT2D eigenvalue weighted by atomic mass is 32.2. The first kappa shape index (κ1) is 11.1. The van der Waals surface area contributed by atoms with E-state index in [2.05, 4.69) is 6.07 Å². The molecule has 0 bridgehead atoms. The molecule has 0 aliphatic heterocycles. The van der Waals surface area contributed by atoms with Crippen molar-refractivity contribution in [3.63, 3.8) is 0 Å². The van der Waals surface area contributed by atoms with E-state index in [1.165, 1.54) is 11.8 Å². The van der Waals surface area contributed by atoms with Gasteiger partial charge in [0.2, 0.25) is 0 Å². The Morgan fingerprint density at radius 2 is 2.14 bits per heavy atom. The average Bonchev–Trinajstić information content (AvgIpc) is 2.26. The van der Waals surface area contributed by atoms with Crippen molar-refractivity contribution in [3.8, 4) is 6.07 Å². The van der Waals surface area contributed by atoms with E-state index in [1.54, 1.807) is 18.2 Å². The molecule has 0 aliphatic carbocycles. The fourth-order valence-electron chi connectivity index (χ4n) is 1.04. The second-order valence-electron chi connectivity index (χ2n) is 2.67. The van der Waals surface area contributed by atoms with Crippen LogP contribution in [-0.4, -0.2) is 22.6 Å². The minimum atomic E-state index is -0.0559. The van der Waals surface area contributed by atoms with Crippen LogP contribution in [0.4, 0.5) is 0 Å². The van der Waals surface area contributed by atoms with Crippen LogP contribution in [0.5, 0.6) is 0 Å². The number of aliphatic hydroxyl groups excluding tert-OH is 2. The van der Waals surface area contributed by atoms with Crippen LogP contribution in [-0.2, 0) is 6.61 Å². The molecule has 14 heavy (non-hydrogen) atoms. The molecule has 0 aromatic heterocycles. The first-order chi connectivity index (χ1) is 6.81. The van der Waals surface area contributed by atoms with E-state index in [-0.39, 0.29) is 13.2 Å². The highest BCUT2D eigenvalue weighted by Crippen LogP contribution is 2.23. The van der Waals surface area contributed by atoms with Gasteiger partial charge in [0.05, 0.1) is 18.8 Å². The van der Waals surface area contributed by atoms with Gasteiger partial charge in [0, 0.05) is 10.6 Å². The molecular weight excluding hydrogens is 198 g/mol. The Labute approximate surface area is 87.0 Å². The average molecular weight is 209 g/mol. The zero-order valence-electron chi connectivity index (χ0n) is 7.60. The minimum absolute atomic E-state index is 0.0559. The molecule has 0 fully saturated rings. The van der Waals surface area contributed by atoms with Gasteiger partial charge in [0.25, 0.3) is 0 Å². The molecule has 0 aliphatic rings. The predicted octanol–water partition coefficient (Wildman–Crippen LogP) is 1.13. The van der Waals surface area contributed by atoms with Gasteiger partial charge in [0.1, 0.15) is 6.07 Å². The second-order valence-corrected chi connectivity index (χ2v) is 3.81. The molecule has 1 aromatic rings. The third-order valence-corrected chi connectivity index (χ3v) is 2.75. The fourth-order valence-corrected chi connectivity index (χ4v) is 1.78. The standard InChI is InChI=1S/C10H11NO2S/c11-6-9-5-8(7-13)1-2-10(9)14-4-3-12/h1-2,5,12-13H,3-4,7H2. The molecule has 3 nitrogen and oxygen atoms in total.